The van der Waals surface area contributed by atoms with Gasteiger partial charge >= 0.3 is 18.3 Å². The molecule has 0 aromatic heterocycles. The van der Waals surface area contributed by atoms with E-state index in [0.717, 1.165) is 0 Å². The molecule has 0 saturated carbocycles. The molecule has 0 bridgehead atoms. The third-order valence-corrected chi connectivity index (χ3v) is 3.80. The number of hydrogen-bond donors (Lipinski definition) is 1. The molecule has 0 amide bonds. The number of esters is 1. The zero-order valence-corrected chi connectivity index (χ0v) is 13.3. The number of aliphatic hydroxyl groups is 1. The van der Waals surface area contributed by atoms with Gasteiger partial charge in [-0.15, -0.1) is 0 Å². The molecule has 0 aliphatic rings. The van der Waals surface area contributed by atoms with E-state index in [1.165, 1.54) is 13.8 Å². The van der Waals surface area contributed by atoms with Gasteiger partial charge in [-0.25, -0.2) is 4.39 Å². The van der Waals surface area contributed by atoms with E-state index in [0.29, 0.717) is 12.5 Å². The molecular weight excluding hydrogens is 361 g/mol. The molecule has 3 nitrogen and oxygen atoms in total. The number of alkyl halides is 6. The fraction of sp³-hybridized carbons (Fsp3) is 0.533. The minimum atomic E-state index is -6.21. The Labute approximate surface area is 138 Å². The van der Waals surface area contributed by atoms with Crippen molar-refractivity contribution in [2.75, 3.05) is 0 Å². The van der Waals surface area contributed by atoms with Crippen molar-refractivity contribution in [1.82, 2.24) is 0 Å². The van der Waals surface area contributed by atoms with Crippen LogP contribution < -0.4 is 4.74 Å². The van der Waals surface area contributed by atoms with Gasteiger partial charge in [-0.2, -0.15) is 26.3 Å². The molecule has 0 heterocycles. The summed E-state index contributed by atoms with van der Waals surface area (Å²) in [5.41, 5.74) is -8.43. The van der Waals surface area contributed by atoms with Crippen LogP contribution >= 0.6 is 0 Å². The minimum absolute atomic E-state index is 0.0812. The van der Waals surface area contributed by atoms with Crippen LogP contribution in [0.5, 0.6) is 5.75 Å². The van der Waals surface area contributed by atoms with Crippen molar-refractivity contribution in [3.05, 3.63) is 29.6 Å². The molecule has 0 spiro atoms. The van der Waals surface area contributed by atoms with E-state index in [-0.39, 0.29) is 12.1 Å². The zero-order chi connectivity index (χ0) is 19.8. The SMILES string of the molecule is CCC(C)(C)C(=O)Oc1ccc(C(O)(C(F)(F)F)C(F)(F)F)c(F)c1. The first-order chi connectivity index (χ1) is 11.1. The highest BCUT2D eigenvalue weighted by molar-refractivity contribution is 5.78. The zero-order valence-electron chi connectivity index (χ0n) is 13.3. The maximum Gasteiger partial charge on any atom is 0.430 e. The van der Waals surface area contributed by atoms with Crippen LogP contribution in [0.3, 0.4) is 0 Å². The number of carbonyl (C=O) groups excluding carboxylic acids is 1. The molecule has 0 aliphatic heterocycles. The Morgan fingerprint density at radius 3 is 1.92 bits per heavy atom. The Hall–Kier alpha value is -1.84. The summed E-state index contributed by atoms with van der Waals surface area (Å²) >= 11 is 0. The Kier molecular flexibility index (Phi) is 5.49. The lowest BCUT2D eigenvalue weighted by atomic mass is 9.90. The first-order valence-electron chi connectivity index (χ1n) is 6.96. The van der Waals surface area contributed by atoms with E-state index in [1.54, 1.807) is 6.92 Å². The number of hydrogen-bond acceptors (Lipinski definition) is 3. The second-order valence-electron chi connectivity index (χ2n) is 5.97. The van der Waals surface area contributed by atoms with Crippen molar-refractivity contribution in [1.29, 1.82) is 0 Å². The lowest BCUT2D eigenvalue weighted by Crippen LogP contribution is -2.54. The fourth-order valence-corrected chi connectivity index (χ4v) is 1.71. The van der Waals surface area contributed by atoms with Crippen molar-refractivity contribution < 1.29 is 45.4 Å². The van der Waals surface area contributed by atoms with Crippen molar-refractivity contribution in [2.24, 2.45) is 5.41 Å². The van der Waals surface area contributed by atoms with Crippen LogP contribution in [0.2, 0.25) is 0 Å². The summed E-state index contributed by atoms with van der Waals surface area (Å²) in [6.45, 7) is 4.63. The molecule has 0 saturated heterocycles. The Morgan fingerprint density at radius 1 is 1.08 bits per heavy atom. The van der Waals surface area contributed by atoms with Crippen molar-refractivity contribution >= 4 is 5.97 Å². The van der Waals surface area contributed by atoms with Crippen LogP contribution in [0, 0.1) is 11.2 Å². The number of ether oxygens (including phenoxy) is 1. The van der Waals surface area contributed by atoms with Crippen LogP contribution in [0.1, 0.15) is 32.8 Å². The van der Waals surface area contributed by atoms with Crippen LogP contribution in [-0.2, 0) is 10.4 Å². The summed E-state index contributed by atoms with van der Waals surface area (Å²) in [4.78, 5) is 11.8. The van der Waals surface area contributed by atoms with E-state index >= 15 is 0 Å². The van der Waals surface area contributed by atoms with Gasteiger partial charge in [0.1, 0.15) is 11.6 Å². The van der Waals surface area contributed by atoms with Gasteiger partial charge in [0, 0.05) is 11.6 Å². The molecule has 1 aromatic carbocycles. The molecule has 142 valence electrons. The molecule has 0 aliphatic carbocycles. The first-order valence-corrected chi connectivity index (χ1v) is 6.96. The third-order valence-electron chi connectivity index (χ3n) is 3.80. The highest BCUT2D eigenvalue weighted by atomic mass is 19.4. The van der Waals surface area contributed by atoms with Crippen LogP contribution in [-0.4, -0.2) is 23.4 Å². The van der Waals surface area contributed by atoms with Gasteiger partial charge in [0.2, 0.25) is 0 Å². The van der Waals surface area contributed by atoms with E-state index < -0.39 is 46.5 Å². The first kappa shape index (κ1) is 21.2. The van der Waals surface area contributed by atoms with Gasteiger partial charge in [-0.1, -0.05) is 6.92 Å². The topological polar surface area (TPSA) is 46.5 Å². The van der Waals surface area contributed by atoms with Gasteiger partial charge in [0.05, 0.1) is 5.41 Å². The molecular formula is C15H15F7O3. The number of carbonyl (C=O) groups is 1. The lowest BCUT2D eigenvalue weighted by molar-refractivity contribution is -0.377. The molecule has 1 aromatic rings. The quantitative estimate of drug-likeness (QED) is 0.479. The predicted octanol–water partition coefficient (Wildman–Crippen LogP) is 4.48. The molecule has 0 atom stereocenters. The standard InChI is InChI=1S/C15H15F7O3/c1-4-12(2,3)11(23)25-8-5-6-9(10(16)7-8)13(24,14(17,18)19)15(20,21)22/h5-7,24H,4H2,1-3H3. The average molecular weight is 376 g/mol. The number of rotatable bonds is 4. The second-order valence-corrected chi connectivity index (χ2v) is 5.97. The van der Waals surface area contributed by atoms with Crippen LogP contribution in [0.25, 0.3) is 0 Å². The second kappa shape index (κ2) is 6.47. The molecule has 0 unspecified atom stereocenters. The maximum atomic E-state index is 13.9. The summed E-state index contributed by atoms with van der Waals surface area (Å²) in [5.74, 6) is -3.44. The largest absolute Gasteiger partial charge is 0.430 e. The molecule has 0 radical (unpaired) electrons. The Bertz CT molecular complexity index is 634. The molecule has 1 N–H and O–H groups in total. The van der Waals surface area contributed by atoms with Gasteiger partial charge in [-0.3, -0.25) is 4.79 Å². The monoisotopic (exact) mass is 376 g/mol. The third kappa shape index (κ3) is 3.88. The number of benzene rings is 1. The Morgan fingerprint density at radius 2 is 1.56 bits per heavy atom. The summed E-state index contributed by atoms with van der Waals surface area (Å²) in [6.07, 6.45) is -12.1. The molecule has 1 rings (SSSR count). The molecule has 0 fully saturated rings. The highest BCUT2D eigenvalue weighted by Gasteiger charge is 2.72. The van der Waals surface area contributed by atoms with Gasteiger partial charge in [0.25, 0.3) is 5.60 Å². The van der Waals surface area contributed by atoms with Crippen molar-refractivity contribution in [2.45, 2.75) is 45.1 Å². The van der Waals surface area contributed by atoms with Crippen molar-refractivity contribution in [3.8, 4) is 5.75 Å². The van der Waals surface area contributed by atoms with Crippen molar-refractivity contribution in [3.63, 3.8) is 0 Å². The van der Waals surface area contributed by atoms with Gasteiger partial charge in [-0.05, 0) is 32.4 Å². The summed E-state index contributed by atoms with van der Waals surface area (Å²) < 4.78 is 95.2. The normalized spacial score (nSPS) is 13.7. The van der Waals surface area contributed by atoms with E-state index in [1.807, 2.05) is 0 Å². The molecule has 10 heteroatoms. The van der Waals surface area contributed by atoms with Gasteiger partial charge < -0.3 is 9.84 Å². The summed E-state index contributed by atoms with van der Waals surface area (Å²) in [7, 11) is 0. The fourth-order valence-electron chi connectivity index (χ4n) is 1.71. The van der Waals surface area contributed by atoms with Crippen LogP contribution in [0.15, 0.2) is 18.2 Å². The summed E-state index contributed by atoms with van der Waals surface area (Å²) in [5, 5.41) is 9.18. The van der Waals surface area contributed by atoms with E-state index in [4.69, 9.17) is 4.74 Å². The molecule has 25 heavy (non-hydrogen) atoms. The highest BCUT2D eigenvalue weighted by Crippen LogP contribution is 2.50. The predicted molar refractivity (Wildman–Crippen MR) is 72.1 cm³/mol. The van der Waals surface area contributed by atoms with Crippen LogP contribution in [0.4, 0.5) is 30.7 Å². The van der Waals surface area contributed by atoms with Gasteiger partial charge in [0.15, 0.2) is 0 Å². The average Bonchev–Trinajstić information content (AvgIpc) is 2.44. The maximum absolute atomic E-state index is 13.9. The smallest absolute Gasteiger partial charge is 0.426 e. The minimum Gasteiger partial charge on any atom is -0.426 e. The van der Waals surface area contributed by atoms with E-state index in [9.17, 15) is 40.6 Å². The Balaban J connectivity index is 3.32. The lowest BCUT2D eigenvalue weighted by Gasteiger charge is -2.32. The van der Waals surface area contributed by atoms with E-state index in [2.05, 4.69) is 0 Å². The summed E-state index contributed by atoms with van der Waals surface area (Å²) in [6, 6.07) is 0.809. The number of halogens is 7.